The first kappa shape index (κ1) is 31.4. The molecule has 1 N–H and O–H groups in total. The minimum Gasteiger partial charge on any atom is -0.393 e. The number of thiol groups is 2. The molecular formula is C21H43NO5S2Si2. The maximum Gasteiger partial charge on any atom is 0.433 e. The highest BCUT2D eigenvalue weighted by atomic mass is 32.1. The molecule has 0 fully saturated rings. The molecule has 0 rings (SSSR count). The molecule has 182 valence electrons. The van der Waals surface area contributed by atoms with Gasteiger partial charge in [-0.15, -0.1) is 0 Å². The molecule has 0 aliphatic heterocycles. The lowest BCUT2D eigenvalue weighted by molar-refractivity contribution is -0.175. The molecule has 10 heteroatoms. The fourth-order valence-corrected chi connectivity index (χ4v) is 5.91. The third-order valence-corrected chi connectivity index (χ3v) is 8.59. The normalized spacial score (nSPS) is 17.5. The SMILES string of the molecule is CCO[Si]OC(C)(CCCS)C(CC)(CNC(C)=O)C(C)(CCCCS)O[Si]OCC. The van der Waals surface area contributed by atoms with Crippen molar-refractivity contribution in [2.45, 2.75) is 91.3 Å². The molecule has 0 saturated heterocycles. The fraction of sp³-hybridized carbons (Fsp3) is 0.952. The van der Waals surface area contributed by atoms with Crippen molar-refractivity contribution < 1.29 is 22.5 Å². The van der Waals surface area contributed by atoms with Crippen LogP contribution in [0.4, 0.5) is 0 Å². The van der Waals surface area contributed by atoms with Crippen molar-refractivity contribution in [1.29, 1.82) is 0 Å². The molecule has 3 atom stereocenters. The van der Waals surface area contributed by atoms with Crippen molar-refractivity contribution >= 4 is 51.2 Å². The number of carbonyl (C=O) groups is 1. The summed E-state index contributed by atoms with van der Waals surface area (Å²) in [5.74, 6) is 1.52. The predicted octanol–water partition coefficient (Wildman–Crippen LogP) is 4.02. The van der Waals surface area contributed by atoms with Gasteiger partial charge in [0.2, 0.25) is 5.91 Å². The molecule has 0 aromatic carbocycles. The van der Waals surface area contributed by atoms with Crippen LogP contribution in [0.5, 0.6) is 0 Å². The van der Waals surface area contributed by atoms with E-state index in [0.717, 1.165) is 50.0 Å². The minimum absolute atomic E-state index is 0.0633. The molecule has 0 aromatic heterocycles. The average molecular weight is 510 g/mol. The quantitative estimate of drug-likeness (QED) is 0.131. The highest BCUT2D eigenvalue weighted by Crippen LogP contribution is 2.52. The topological polar surface area (TPSA) is 66.0 Å². The number of carbonyl (C=O) groups excluding carboxylic acids is 1. The van der Waals surface area contributed by atoms with Crippen LogP contribution in [-0.4, -0.2) is 68.4 Å². The van der Waals surface area contributed by atoms with E-state index >= 15 is 0 Å². The minimum atomic E-state index is -0.590. The van der Waals surface area contributed by atoms with Gasteiger partial charge in [0.05, 0.1) is 11.2 Å². The lowest BCUT2D eigenvalue weighted by Gasteiger charge is -2.58. The lowest BCUT2D eigenvalue weighted by Crippen LogP contribution is -2.66. The van der Waals surface area contributed by atoms with Gasteiger partial charge in [0.1, 0.15) is 0 Å². The zero-order valence-electron chi connectivity index (χ0n) is 20.2. The summed E-state index contributed by atoms with van der Waals surface area (Å²) in [5.41, 5.74) is -1.67. The first-order chi connectivity index (χ1) is 14.7. The van der Waals surface area contributed by atoms with E-state index in [9.17, 15) is 4.79 Å². The van der Waals surface area contributed by atoms with Gasteiger partial charge in [-0.3, -0.25) is 4.79 Å². The second-order valence-electron chi connectivity index (χ2n) is 8.05. The first-order valence-corrected chi connectivity index (χ1v) is 14.2. The van der Waals surface area contributed by atoms with Crippen LogP contribution in [0.25, 0.3) is 0 Å². The van der Waals surface area contributed by atoms with Crippen molar-refractivity contribution in [1.82, 2.24) is 5.32 Å². The first-order valence-electron chi connectivity index (χ1n) is 11.3. The van der Waals surface area contributed by atoms with Crippen LogP contribution >= 0.6 is 25.3 Å². The van der Waals surface area contributed by atoms with E-state index in [-0.39, 0.29) is 25.9 Å². The van der Waals surface area contributed by atoms with Crippen molar-refractivity contribution in [2.75, 3.05) is 31.3 Å². The monoisotopic (exact) mass is 509 g/mol. The van der Waals surface area contributed by atoms with Gasteiger partial charge in [-0.05, 0) is 77.7 Å². The molecule has 31 heavy (non-hydrogen) atoms. The maximum absolute atomic E-state index is 12.0. The van der Waals surface area contributed by atoms with Gasteiger partial charge >= 0.3 is 20.0 Å². The van der Waals surface area contributed by atoms with Gasteiger partial charge in [0.15, 0.2) is 0 Å². The summed E-state index contributed by atoms with van der Waals surface area (Å²) in [6, 6.07) is 0. The largest absolute Gasteiger partial charge is 0.433 e. The van der Waals surface area contributed by atoms with E-state index in [0.29, 0.717) is 19.8 Å². The Hall–Kier alpha value is 0.444. The molecule has 0 saturated carbocycles. The van der Waals surface area contributed by atoms with Gasteiger partial charge in [0.25, 0.3) is 0 Å². The van der Waals surface area contributed by atoms with Crippen LogP contribution in [0.3, 0.4) is 0 Å². The molecule has 0 bridgehead atoms. The van der Waals surface area contributed by atoms with Crippen LogP contribution in [0.2, 0.25) is 0 Å². The molecule has 1 amide bonds. The van der Waals surface area contributed by atoms with Crippen molar-refractivity contribution in [3.05, 3.63) is 0 Å². The molecule has 6 nitrogen and oxygen atoms in total. The van der Waals surface area contributed by atoms with E-state index in [4.69, 9.17) is 17.7 Å². The Bertz CT molecular complexity index is 483. The van der Waals surface area contributed by atoms with E-state index in [1.807, 2.05) is 13.8 Å². The van der Waals surface area contributed by atoms with Gasteiger partial charge in [-0.1, -0.05) is 6.92 Å². The van der Waals surface area contributed by atoms with Gasteiger partial charge < -0.3 is 23.0 Å². The Morgan fingerprint density at radius 2 is 1.35 bits per heavy atom. The van der Waals surface area contributed by atoms with E-state index in [1.165, 1.54) is 0 Å². The number of unbranched alkanes of at least 4 members (excludes halogenated alkanes) is 1. The van der Waals surface area contributed by atoms with Crippen molar-refractivity contribution in [3.8, 4) is 0 Å². The molecule has 0 aliphatic rings. The van der Waals surface area contributed by atoms with Crippen LogP contribution in [-0.2, 0) is 22.5 Å². The summed E-state index contributed by atoms with van der Waals surface area (Å²) < 4.78 is 24.3. The summed E-state index contributed by atoms with van der Waals surface area (Å²) >= 11 is 8.84. The summed E-state index contributed by atoms with van der Waals surface area (Å²) in [6.45, 7) is 13.5. The number of nitrogens with one attached hydrogen (secondary N) is 1. The van der Waals surface area contributed by atoms with E-state index in [1.54, 1.807) is 6.92 Å². The fourth-order valence-electron chi connectivity index (χ4n) is 4.21. The van der Waals surface area contributed by atoms with Crippen LogP contribution < -0.4 is 5.32 Å². The smallest absolute Gasteiger partial charge is 0.393 e. The number of hydrogen-bond acceptors (Lipinski definition) is 7. The third-order valence-electron chi connectivity index (χ3n) is 6.08. The highest BCUT2D eigenvalue weighted by molar-refractivity contribution is 7.80. The standard InChI is InChI=1S/C21H43NO5S2Si2/c1-7-21(17-22-18(4)23,20(6,14-12-16-29)27-31-25-9-3)19(5,13-10-11-15-28)26-30-24-8-2/h28-29H,7-17H2,1-6H3,(H,22,23). The summed E-state index contributed by atoms with van der Waals surface area (Å²) in [5, 5.41) is 3.09. The van der Waals surface area contributed by atoms with Crippen molar-refractivity contribution in [3.63, 3.8) is 0 Å². The molecule has 4 radical (unpaired) electrons. The zero-order chi connectivity index (χ0) is 23.8. The Morgan fingerprint density at radius 1 is 0.871 bits per heavy atom. The van der Waals surface area contributed by atoms with Crippen LogP contribution in [0.15, 0.2) is 0 Å². The van der Waals surface area contributed by atoms with E-state index in [2.05, 4.69) is 51.3 Å². The second kappa shape index (κ2) is 17.0. The lowest BCUT2D eigenvalue weighted by atomic mass is 9.58. The van der Waals surface area contributed by atoms with Gasteiger partial charge in [-0.25, -0.2) is 0 Å². The predicted molar refractivity (Wildman–Crippen MR) is 136 cm³/mol. The van der Waals surface area contributed by atoms with E-state index < -0.39 is 16.6 Å². The van der Waals surface area contributed by atoms with Crippen LogP contribution in [0, 0.1) is 5.41 Å². The molecule has 0 aliphatic carbocycles. The zero-order valence-corrected chi connectivity index (χ0v) is 24.0. The molecule has 3 unspecified atom stereocenters. The molecule has 0 aromatic rings. The summed E-state index contributed by atoms with van der Waals surface area (Å²) in [4.78, 5) is 12.0. The average Bonchev–Trinajstić information content (AvgIpc) is 2.73. The summed E-state index contributed by atoms with van der Waals surface area (Å²) in [6.07, 6.45) is 5.22. The Morgan fingerprint density at radius 3 is 1.74 bits per heavy atom. The summed E-state index contributed by atoms with van der Waals surface area (Å²) in [7, 11) is -0.157. The van der Waals surface area contributed by atoms with Crippen LogP contribution in [0.1, 0.15) is 80.1 Å². The molecular weight excluding hydrogens is 467 g/mol. The molecule has 0 heterocycles. The van der Waals surface area contributed by atoms with Gasteiger partial charge in [0, 0.05) is 32.1 Å². The van der Waals surface area contributed by atoms with Crippen molar-refractivity contribution in [2.24, 2.45) is 5.41 Å². The Labute approximate surface area is 206 Å². The maximum atomic E-state index is 12.0. The third kappa shape index (κ3) is 9.68. The second-order valence-corrected chi connectivity index (χ2v) is 10.3. The highest BCUT2D eigenvalue weighted by Gasteiger charge is 2.59. The Balaban J connectivity index is 6.37. The number of hydrogen-bond donors (Lipinski definition) is 3. The number of rotatable bonds is 20. The number of amides is 1. The Kier molecular flexibility index (Phi) is 17.2. The van der Waals surface area contributed by atoms with Gasteiger partial charge in [-0.2, -0.15) is 25.3 Å². The molecule has 0 spiro atoms.